The minimum Gasteiger partial charge on any atom is -0.314 e. The van der Waals surface area contributed by atoms with E-state index in [0.717, 1.165) is 32.2 Å². The largest absolute Gasteiger partial charge is 0.314 e. The zero-order valence-electron chi connectivity index (χ0n) is 10.3. The Hall–Kier alpha value is -1.26. The summed E-state index contributed by atoms with van der Waals surface area (Å²) >= 11 is 0. The van der Waals surface area contributed by atoms with E-state index in [9.17, 15) is 8.78 Å². The number of hydrogen-bond acceptors (Lipinski definition) is 2. The second-order valence-corrected chi connectivity index (χ2v) is 4.53. The second kappa shape index (κ2) is 6.07. The molecule has 1 N–H and O–H groups in total. The molecule has 2 rings (SSSR count). The number of rotatable bonds is 4. The van der Waals surface area contributed by atoms with Gasteiger partial charge in [0, 0.05) is 38.3 Å². The minimum absolute atomic E-state index is 0.00907. The van der Waals surface area contributed by atoms with E-state index < -0.39 is 11.6 Å². The monoisotopic (exact) mass is 252 g/mol. The number of nitrogens with one attached hydrogen (secondary N) is 1. The lowest BCUT2D eigenvalue weighted by molar-refractivity contribution is 0.174. The Morgan fingerprint density at radius 1 is 1.22 bits per heavy atom. The fourth-order valence-corrected chi connectivity index (χ4v) is 2.42. The van der Waals surface area contributed by atoms with Crippen LogP contribution >= 0.6 is 0 Å². The van der Waals surface area contributed by atoms with Gasteiger partial charge >= 0.3 is 0 Å². The van der Waals surface area contributed by atoms with Gasteiger partial charge in [-0.1, -0.05) is 6.08 Å². The quantitative estimate of drug-likeness (QED) is 0.828. The molecule has 18 heavy (non-hydrogen) atoms. The van der Waals surface area contributed by atoms with Crippen molar-refractivity contribution in [2.75, 3.05) is 26.2 Å². The van der Waals surface area contributed by atoms with Crippen LogP contribution in [0.25, 0.3) is 0 Å². The Labute approximate surface area is 106 Å². The van der Waals surface area contributed by atoms with Crippen LogP contribution in [0.15, 0.2) is 30.9 Å². The van der Waals surface area contributed by atoms with Gasteiger partial charge in [-0.2, -0.15) is 0 Å². The molecule has 2 nitrogen and oxygen atoms in total. The maximum absolute atomic E-state index is 13.3. The Balaban J connectivity index is 2.24. The van der Waals surface area contributed by atoms with Crippen molar-refractivity contribution in [3.63, 3.8) is 0 Å². The molecule has 1 saturated heterocycles. The first-order valence-electron chi connectivity index (χ1n) is 6.22. The highest BCUT2D eigenvalue weighted by molar-refractivity contribution is 5.22. The van der Waals surface area contributed by atoms with Crippen molar-refractivity contribution in [2.45, 2.75) is 12.5 Å². The summed E-state index contributed by atoms with van der Waals surface area (Å²) in [6, 6.07) is 3.75. The molecule has 0 unspecified atom stereocenters. The van der Waals surface area contributed by atoms with Crippen molar-refractivity contribution in [3.05, 3.63) is 48.1 Å². The molecule has 1 aromatic rings. The molecule has 4 heteroatoms. The topological polar surface area (TPSA) is 15.3 Å². The van der Waals surface area contributed by atoms with Crippen LogP contribution in [0.2, 0.25) is 0 Å². The summed E-state index contributed by atoms with van der Waals surface area (Å²) in [5, 5.41) is 3.27. The third-order valence-corrected chi connectivity index (χ3v) is 3.25. The van der Waals surface area contributed by atoms with Crippen LogP contribution in [0.3, 0.4) is 0 Å². The summed E-state index contributed by atoms with van der Waals surface area (Å²) < 4.78 is 26.6. The highest BCUT2D eigenvalue weighted by Crippen LogP contribution is 2.26. The predicted octanol–water partition coefficient (Wildman–Crippen LogP) is 2.49. The standard InChI is InChI=1S/C14H18F2N2/c1-2-3-14(18-6-4-17-5-7-18)11-8-12(15)10-13(16)9-11/h2,8-10,14,17H,1,3-7H2/t14-/m1/s1. The van der Waals surface area contributed by atoms with E-state index in [-0.39, 0.29) is 6.04 Å². The molecular weight excluding hydrogens is 234 g/mol. The fraction of sp³-hybridized carbons (Fsp3) is 0.429. The third-order valence-electron chi connectivity index (χ3n) is 3.25. The summed E-state index contributed by atoms with van der Waals surface area (Å²) in [5.74, 6) is -1.04. The van der Waals surface area contributed by atoms with Gasteiger partial charge in [0.2, 0.25) is 0 Å². The molecule has 0 aromatic heterocycles. The maximum atomic E-state index is 13.3. The van der Waals surface area contributed by atoms with Crippen LogP contribution < -0.4 is 5.32 Å². The molecule has 1 aliphatic rings. The maximum Gasteiger partial charge on any atom is 0.126 e. The number of nitrogens with zero attached hydrogens (tertiary/aromatic N) is 1. The van der Waals surface area contributed by atoms with Gasteiger partial charge in [-0.25, -0.2) is 8.78 Å². The Kier molecular flexibility index (Phi) is 4.44. The normalized spacial score (nSPS) is 18.6. The van der Waals surface area contributed by atoms with Crippen molar-refractivity contribution in [1.82, 2.24) is 10.2 Å². The first-order valence-corrected chi connectivity index (χ1v) is 6.22. The molecular formula is C14H18F2N2. The van der Waals surface area contributed by atoms with Crippen LogP contribution in [-0.4, -0.2) is 31.1 Å². The lowest BCUT2D eigenvalue weighted by Crippen LogP contribution is -2.45. The van der Waals surface area contributed by atoms with E-state index >= 15 is 0 Å². The highest BCUT2D eigenvalue weighted by Gasteiger charge is 2.21. The molecule has 1 aliphatic heterocycles. The van der Waals surface area contributed by atoms with E-state index in [1.54, 1.807) is 6.08 Å². The second-order valence-electron chi connectivity index (χ2n) is 4.53. The summed E-state index contributed by atoms with van der Waals surface area (Å²) in [6.45, 7) is 7.32. The van der Waals surface area contributed by atoms with Gasteiger partial charge in [0.05, 0.1) is 0 Å². The molecule has 1 atom stereocenters. The van der Waals surface area contributed by atoms with Crippen molar-refractivity contribution in [1.29, 1.82) is 0 Å². The molecule has 1 heterocycles. The SMILES string of the molecule is C=CC[C@H](c1cc(F)cc(F)c1)N1CCNCC1. The lowest BCUT2D eigenvalue weighted by atomic mass is 10.0. The van der Waals surface area contributed by atoms with E-state index in [2.05, 4.69) is 16.8 Å². The van der Waals surface area contributed by atoms with Crippen LogP contribution in [0.5, 0.6) is 0 Å². The summed E-state index contributed by atoms with van der Waals surface area (Å²) in [5.41, 5.74) is 0.689. The average Bonchev–Trinajstić information content (AvgIpc) is 2.36. The number of hydrogen-bond donors (Lipinski definition) is 1. The van der Waals surface area contributed by atoms with Crippen molar-refractivity contribution in [3.8, 4) is 0 Å². The first-order chi connectivity index (χ1) is 8.70. The Morgan fingerprint density at radius 2 is 1.83 bits per heavy atom. The number of benzene rings is 1. The van der Waals surface area contributed by atoms with Crippen molar-refractivity contribution in [2.24, 2.45) is 0 Å². The Morgan fingerprint density at radius 3 is 2.39 bits per heavy atom. The molecule has 1 aromatic carbocycles. The van der Waals surface area contributed by atoms with E-state index in [1.807, 2.05) is 0 Å². The molecule has 98 valence electrons. The summed E-state index contributed by atoms with van der Waals surface area (Å²) in [6.07, 6.45) is 2.50. The van der Waals surface area contributed by atoms with Gasteiger partial charge in [0.1, 0.15) is 11.6 Å². The van der Waals surface area contributed by atoms with Crippen molar-refractivity contribution >= 4 is 0 Å². The molecule has 1 fully saturated rings. The van der Waals surface area contributed by atoms with Gasteiger partial charge in [-0.3, -0.25) is 4.90 Å². The van der Waals surface area contributed by atoms with Crippen molar-refractivity contribution < 1.29 is 8.78 Å². The summed E-state index contributed by atoms with van der Waals surface area (Å²) in [4.78, 5) is 2.24. The smallest absolute Gasteiger partial charge is 0.126 e. The highest BCUT2D eigenvalue weighted by atomic mass is 19.1. The summed E-state index contributed by atoms with van der Waals surface area (Å²) in [7, 11) is 0. The predicted molar refractivity (Wildman–Crippen MR) is 68.4 cm³/mol. The Bertz CT molecular complexity index is 394. The number of halogens is 2. The number of piperazine rings is 1. The van der Waals surface area contributed by atoms with Gasteiger partial charge < -0.3 is 5.32 Å². The van der Waals surface area contributed by atoms with Crippen LogP contribution in [0, 0.1) is 11.6 Å². The van der Waals surface area contributed by atoms with Gasteiger partial charge in [-0.15, -0.1) is 6.58 Å². The zero-order valence-corrected chi connectivity index (χ0v) is 10.3. The average molecular weight is 252 g/mol. The third kappa shape index (κ3) is 3.15. The molecule has 0 spiro atoms. The van der Waals surface area contributed by atoms with Crippen LogP contribution in [-0.2, 0) is 0 Å². The minimum atomic E-state index is -0.519. The van der Waals surface area contributed by atoms with Crippen LogP contribution in [0.1, 0.15) is 18.0 Å². The molecule has 0 aliphatic carbocycles. The van der Waals surface area contributed by atoms with Gasteiger partial charge in [0.25, 0.3) is 0 Å². The molecule has 0 radical (unpaired) electrons. The molecule has 0 saturated carbocycles. The van der Waals surface area contributed by atoms with Gasteiger partial charge in [0.15, 0.2) is 0 Å². The first kappa shape index (κ1) is 13.2. The van der Waals surface area contributed by atoms with Crippen LogP contribution in [0.4, 0.5) is 8.78 Å². The fourth-order valence-electron chi connectivity index (χ4n) is 2.42. The molecule has 0 amide bonds. The molecule has 0 bridgehead atoms. The lowest BCUT2D eigenvalue weighted by Gasteiger charge is -2.34. The van der Waals surface area contributed by atoms with E-state index in [4.69, 9.17) is 0 Å². The van der Waals surface area contributed by atoms with Gasteiger partial charge in [-0.05, 0) is 24.1 Å². The van der Waals surface area contributed by atoms with E-state index in [0.29, 0.717) is 12.0 Å². The van der Waals surface area contributed by atoms with E-state index in [1.165, 1.54) is 12.1 Å². The zero-order chi connectivity index (χ0) is 13.0.